The van der Waals surface area contributed by atoms with Gasteiger partial charge in [0.15, 0.2) is 5.16 Å². The fraction of sp³-hybridized carbons (Fsp3) is 0.538. The van der Waals surface area contributed by atoms with Crippen LogP contribution in [0.15, 0.2) is 15.7 Å². The zero-order valence-corrected chi connectivity index (χ0v) is 14.2. The van der Waals surface area contributed by atoms with Gasteiger partial charge in [-0.25, -0.2) is 0 Å². The molecule has 0 saturated heterocycles. The molecule has 24 heavy (non-hydrogen) atoms. The van der Waals surface area contributed by atoms with Gasteiger partial charge in [0.2, 0.25) is 17.6 Å². The molecule has 0 atom stereocenters. The van der Waals surface area contributed by atoms with Crippen LogP contribution in [0.2, 0.25) is 0 Å². The molecule has 1 amide bonds. The number of carbonyl (C=O) groups excluding carboxylic acids is 1. The molecule has 0 saturated carbocycles. The van der Waals surface area contributed by atoms with Crippen molar-refractivity contribution in [2.75, 3.05) is 11.1 Å². The number of alkyl halides is 3. The molecule has 2 aromatic rings. The molecule has 1 N–H and O–H groups in total. The van der Waals surface area contributed by atoms with Crippen LogP contribution in [0.3, 0.4) is 0 Å². The van der Waals surface area contributed by atoms with Crippen molar-refractivity contribution in [3.8, 4) is 0 Å². The van der Waals surface area contributed by atoms with Crippen LogP contribution in [0.4, 0.5) is 19.1 Å². The van der Waals surface area contributed by atoms with Crippen molar-refractivity contribution in [2.24, 2.45) is 7.05 Å². The van der Waals surface area contributed by atoms with Crippen molar-refractivity contribution in [3.63, 3.8) is 0 Å². The summed E-state index contributed by atoms with van der Waals surface area (Å²) in [5.41, 5.74) is 0.446. The number of thioether (sulfide) groups is 1. The van der Waals surface area contributed by atoms with Gasteiger partial charge in [-0.15, -0.1) is 10.2 Å². The Hall–Kier alpha value is -2.04. The minimum atomic E-state index is -4.59. The molecule has 0 radical (unpaired) electrons. The van der Waals surface area contributed by atoms with E-state index in [-0.39, 0.29) is 22.2 Å². The zero-order valence-electron chi connectivity index (χ0n) is 13.4. The zero-order chi connectivity index (χ0) is 18.1. The Bertz CT molecular complexity index is 733. The van der Waals surface area contributed by atoms with Gasteiger partial charge >= 0.3 is 6.18 Å². The van der Waals surface area contributed by atoms with Gasteiger partial charge in [0.25, 0.3) is 0 Å². The summed E-state index contributed by atoms with van der Waals surface area (Å²) < 4.78 is 43.7. The molecule has 0 aliphatic heterocycles. The van der Waals surface area contributed by atoms with E-state index in [2.05, 4.69) is 20.7 Å². The summed E-state index contributed by atoms with van der Waals surface area (Å²) in [6, 6.07) is 1.60. The number of nitrogens with one attached hydrogen (secondary N) is 1. The molecule has 2 rings (SSSR count). The fourth-order valence-corrected chi connectivity index (χ4v) is 2.39. The van der Waals surface area contributed by atoms with Crippen LogP contribution in [0.25, 0.3) is 0 Å². The molecular formula is C13H16F3N5O2S. The fourth-order valence-electron chi connectivity index (χ4n) is 1.68. The largest absolute Gasteiger partial charge is 0.451 e. The van der Waals surface area contributed by atoms with E-state index in [1.807, 2.05) is 20.8 Å². The van der Waals surface area contributed by atoms with E-state index in [1.165, 1.54) is 7.05 Å². The molecule has 11 heteroatoms. The number of hydrogen-bond acceptors (Lipinski definition) is 6. The highest BCUT2D eigenvalue weighted by Crippen LogP contribution is 2.29. The Kier molecular flexibility index (Phi) is 4.92. The quantitative estimate of drug-likeness (QED) is 0.841. The van der Waals surface area contributed by atoms with Crippen LogP contribution in [0.5, 0.6) is 0 Å². The molecule has 2 heterocycles. The number of carbonyl (C=O) groups is 1. The number of aromatic nitrogens is 4. The Balaban J connectivity index is 1.95. The number of amides is 1. The summed E-state index contributed by atoms with van der Waals surface area (Å²) in [6.07, 6.45) is -4.59. The molecule has 0 bridgehead atoms. The third kappa shape index (κ3) is 4.28. The SMILES string of the molecule is Cn1c(SCC(=O)Nc2cc(C(C)(C)C)no2)nnc1C(F)(F)F. The summed E-state index contributed by atoms with van der Waals surface area (Å²) >= 11 is 0.839. The number of nitrogens with zero attached hydrogens (tertiary/aromatic N) is 4. The predicted octanol–water partition coefficient (Wildman–Crippen LogP) is 2.85. The lowest BCUT2D eigenvalue weighted by Gasteiger charge is -2.12. The van der Waals surface area contributed by atoms with Gasteiger partial charge in [-0.1, -0.05) is 37.7 Å². The number of rotatable bonds is 4. The summed E-state index contributed by atoms with van der Waals surface area (Å²) in [5, 5.41) is 12.9. The van der Waals surface area contributed by atoms with Crippen LogP contribution in [-0.2, 0) is 23.4 Å². The minimum Gasteiger partial charge on any atom is -0.338 e. The van der Waals surface area contributed by atoms with E-state index in [0.717, 1.165) is 16.3 Å². The van der Waals surface area contributed by atoms with E-state index in [4.69, 9.17) is 4.52 Å². The van der Waals surface area contributed by atoms with E-state index < -0.39 is 17.9 Å². The molecule has 0 unspecified atom stereocenters. The normalized spacial score (nSPS) is 12.5. The van der Waals surface area contributed by atoms with Crippen molar-refractivity contribution in [2.45, 2.75) is 37.5 Å². The summed E-state index contributed by atoms with van der Waals surface area (Å²) in [5.74, 6) is -1.53. The van der Waals surface area contributed by atoms with E-state index in [1.54, 1.807) is 6.07 Å². The van der Waals surface area contributed by atoms with Gasteiger partial charge in [0.05, 0.1) is 11.4 Å². The third-order valence-electron chi connectivity index (χ3n) is 2.96. The second-order valence-electron chi connectivity index (χ2n) is 6.03. The number of halogens is 3. The van der Waals surface area contributed by atoms with Gasteiger partial charge in [-0.05, 0) is 0 Å². The molecule has 0 aliphatic carbocycles. The Labute approximate surface area is 140 Å². The standard InChI is InChI=1S/C13H16F3N5O2S/c1-12(2,3)7-5-9(23-20-7)17-8(22)6-24-11-19-18-10(21(11)4)13(14,15)16/h5H,6H2,1-4H3,(H,17,22). The van der Waals surface area contributed by atoms with E-state index >= 15 is 0 Å². The van der Waals surface area contributed by atoms with E-state index in [0.29, 0.717) is 5.69 Å². The van der Waals surface area contributed by atoms with Crippen LogP contribution < -0.4 is 5.32 Å². The molecule has 132 valence electrons. The first-order valence-electron chi connectivity index (χ1n) is 6.85. The molecule has 2 aromatic heterocycles. The topological polar surface area (TPSA) is 85.8 Å². The lowest BCUT2D eigenvalue weighted by molar-refractivity contribution is -0.147. The maximum atomic E-state index is 12.6. The van der Waals surface area contributed by atoms with Gasteiger partial charge in [0, 0.05) is 18.5 Å². The monoisotopic (exact) mass is 363 g/mol. The first-order chi connectivity index (χ1) is 11.0. The van der Waals surface area contributed by atoms with Crippen molar-refractivity contribution in [1.82, 2.24) is 19.9 Å². The molecule has 7 nitrogen and oxygen atoms in total. The summed E-state index contributed by atoms with van der Waals surface area (Å²) in [7, 11) is 1.19. The first kappa shape index (κ1) is 18.3. The summed E-state index contributed by atoms with van der Waals surface area (Å²) in [4.78, 5) is 11.9. The highest BCUT2D eigenvalue weighted by Gasteiger charge is 2.37. The highest BCUT2D eigenvalue weighted by molar-refractivity contribution is 7.99. The van der Waals surface area contributed by atoms with Crippen LogP contribution >= 0.6 is 11.8 Å². The Morgan fingerprint density at radius 2 is 2.00 bits per heavy atom. The summed E-state index contributed by atoms with van der Waals surface area (Å²) in [6.45, 7) is 5.83. The van der Waals surface area contributed by atoms with Gasteiger partial charge in [0.1, 0.15) is 0 Å². The lowest BCUT2D eigenvalue weighted by Crippen LogP contribution is -2.15. The van der Waals surface area contributed by atoms with E-state index in [9.17, 15) is 18.0 Å². The molecule has 0 aromatic carbocycles. The van der Waals surface area contributed by atoms with Crippen molar-refractivity contribution >= 4 is 23.6 Å². The van der Waals surface area contributed by atoms with Crippen LogP contribution in [0, 0.1) is 0 Å². The second kappa shape index (κ2) is 6.46. The van der Waals surface area contributed by atoms with Gasteiger partial charge in [-0.2, -0.15) is 13.2 Å². The maximum Gasteiger partial charge on any atom is 0.451 e. The maximum absolute atomic E-state index is 12.6. The molecular weight excluding hydrogens is 347 g/mol. The Morgan fingerprint density at radius 1 is 1.33 bits per heavy atom. The predicted molar refractivity (Wildman–Crippen MR) is 80.6 cm³/mol. The van der Waals surface area contributed by atoms with Crippen molar-refractivity contribution in [1.29, 1.82) is 0 Å². The van der Waals surface area contributed by atoms with Crippen LogP contribution in [0.1, 0.15) is 32.3 Å². The lowest BCUT2D eigenvalue weighted by atomic mass is 9.92. The number of anilines is 1. The van der Waals surface area contributed by atoms with Gasteiger partial charge < -0.3 is 9.09 Å². The molecule has 0 spiro atoms. The first-order valence-corrected chi connectivity index (χ1v) is 7.83. The highest BCUT2D eigenvalue weighted by atomic mass is 32.2. The smallest absolute Gasteiger partial charge is 0.338 e. The van der Waals surface area contributed by atoms with Crippen LogP contribution in [-0.4, -0.2) is 31.6 Å². The number of hydrogen-bond donors (Lipinski definition) is 1. The average Bonchev–Trinajstić information content (AvgIpc) is 3.02. The van der Waals surface area contributed by atoms with Gasteiger partial charge in [-0.3, -0.25) is 10.1 Å². The second-order valence-corrected chi connectivity index (χ2v) is 6.97. The minimum absolute atomic E-state index is 0.00887. The Morgan fingerprint density at radius 3 is 2.50 bits per heavy atom. The van der Waals surface area contributed by atoms with Crippen molar-refractivity contribution in [3.05, 3.63) is 17.6 Å². The third-order valence-corrected chi connectivity index (χ3v) is 3.98. The van der Waals surface area contributed by atoms with Crippen molar-refractivity contribution < 1.29 is 22.5 Å². The molecule has 0 fully saturated rings. The molecule has 0 aliphatic rings. The average molecular weight is 363 g/mol.